The molecule has 33 heavy (non-hydrogen) atoms. The summed E-state index contributed by atoms with van der Waals surface area (Å²) in [5, 5.41) is 14.4. The van der Waals surface area contributed by atoms with Crippen molar-refractivity contribution >= 4 is 12.2 Å². The van der Waals surface area contributed by atoms with Crippen molar-refractivity contribution in [2.75, 3.05) is 12.0 Å². The van der Waals surface area contributed by atoms with E-state index in [-0.39, 0.29) is 17.5 Å². The van der Waals surface area contributed by atoms with Crippen LogP contribution in [-0.2, 0) is 0 Å². The number of nitrogens with zero attached hydrogens (tertiary/aromatic N) is 3. The number of hydrogen-bond donors (Lipinski definition) is 2. The maximum Gasteiger partial charge on any atom is 0.244 e. The van der Waals surface area contributed by atoms with Gasteiger partial charge in [-0.2, -0.15) is 5.10 Å². The molecule has 1 aromatic heterocycles. The van der Waals surface area contributed by atoms with Crippen molar-refractivity contribution in [1.29, 1.82) is 0 Å². The molecule has 2 N–H and O–H groups in total. The average molecular weight is 442 g/mol. The van der Waals surface area contributed by atoms with Crippen LogP contribution >= 0.6 is 0 Å². The van der Waals surface area contributed by atoms with Gasteiger partial charge in [0.15, 0.2) is 0 Å². The fourth-order valence-corrected chi connectivity index (χ4v) is 3.12. The molecule has 0 aliphatic carbocycles. The van der Waals surface area contributed by atoms with Crippen molar-refractivity contribution in [3.05, 3.63) is 90.2 Å². The van der Waals surface area contributed by atoms with E-state index in [2.05, 4.69) is 20.5 Å². The molecule has 0 bridgehead atoms. The monoisotopic (exact) mass is 442 g/mol. The first kappa shape index (κ1) is 22.0. The fourth-order valence-electron chi connectivity index (χ4n) is 3.12. The highest BCUT2D eigenvalue weighted by molar-refractivity contribution is 5.84. The lowest BCUT2D eigenvalue weighted by molar-refractivity contribution is 0.315. The number of ether oxygens (including phenoxy) is 1. The van der Waals surface area contributed by atoms with E-state index in [1.807, 2.05) is 43.3 Å². The minimum Gasteiger partial charge on any atom is -0.507 e. The van der Waals surface area contributed by atoms with Crippen molar-refractivity contribution in [3.8, 4) is 34.0 Å². The van der Waals surface area contributed by atoms with Crippen LogP contribution in [0.25, 0.3) is 22.5 Å². The Balaban J connectivity index is 1.60. The van der Waals surface area contributed by atoms with Crippen molar-refractivity contribution in [2.45, 2.75) is 13.3 Å². The average Bonchev–Trinajstić information content (AvgIpc) is 2.85. The Hall–Kier alpha value is -4.26. The molecule has 0 atom stereocenters. The predicted octanol–water partition coefficient (Wildman–Crippen LogP) is 5.89. The summed E-state index contributed by atoms with van der Waals surface area (Å²) < 4.78 is 18.9. The Morgan fingerprint density at radius 1 is 0.939 bits per heavy atom. The highest BCUT2D eigenvalue weighted by atomic mass is 19.1. The zero-order valence-electron chi connectivity index (χ0n) is 18.1. The van der Waals surface area contributed by atoms with E-state index in [1.54, 1.807) is 30.3 Å². The molecule has 0 spiro atoms. The van der Waals surface area contributed by atoms with E-state index >= 15 is 0 Å². The van der Waals surface area contributed by atoms with Gasteiger partial charge in [-0.1, -0.05) is 37.3 Å². The third-order valence-electron chi connectivity index (χ3n) is 4.78. The number of hydrogen-bond acceptors (Lipinski definition) is 6. The second-order valence-electron chi connectivity index (χ2n) is 7.27. The van der Waals surface area contributed by atoms with Crippen LogP contribution in [0.1, 0.15) is 18.9 Å². The molecule has 0 amide bonds. The molecule has 7 heteroatoms. The van der Waals surface area contributed by atoms with Crippen LogP contribution in [0.3, 0.4) is 0 Å². The van der Waals surface area contributed by atoms with E-state index < -0.39 is 0 Å². The third-order valence-corrected chi connectivity index (χ3v) is 4.78. The molecule has 3 aromatic carbocycles. The normalized spacial score (nSPS) is 11.0. The molecule has 4 aromatic rings. The third kappa shape index (κ3) is 5.71. The Bertz CT molecular complexity index is 1250. The summed E-state index contributed by atoms with van der Waals surface area (Å²) in [5.41, 5.74) is 6.34. The molecule has 0 fully saturated rings. The van der Waals surface area contributed by atoms with Gasteiger partial charge in [-0.05, 0) is 48.9 Å². The van der Waals surface area contributed by atoms with E-state index in [0.717, 1.165) is 17.5 Å². The number of anilines is 1. The van der Waals surface area contributed by atoms with Gasteiger partial charge in [-0.3, -0.25) is 0 Å². The van der Waals surface area contributed by atoms with Crippen LogP contribution < -0.4 is 10.2 Å². The molecule has 0 radical (unpaired) electrons. The van der Waals surface area contributed by atoms with Gasteiger partial charge in [0, 0.05) is 22.8 Å². The van der Waals surface area contributed by atoms with Crippen molar-refractivity contribution in [3.63, 3.8) is 0 Å². The number of halogens is 1. The van der Waals surface area contributed by atoms with E-state index in [9.17, 15) is 9.50 Å². The number of aromatic nitrogens is 2. The molecule has 0 unspecified atom stereocenters. The number of benzene rings is 3. The number of phenols is 1. The van der Waals surface area contributed by atoms with E-state index in [0.29, 0.717) is 29.3 Å². The lowest BCUT2D eigenvalue weighted by Crippen LogP contribution is -2.00. The maximum atomic E-state index is 13.4. The van der Waals surface area contributed by atoms with Gasteiger partial charge in [-0.25, -0.2) is 19.8 Å². The van der Waals surface area contributed by atoms with Crippen LogP contribution in [0.15, 0.2) is 84.0 Å². The zero-order valence-corrected chi connectivity index (χ0v) is 18.1. The van der Waals surface area contributed by atoms with E-state index in [4.69, 9.17) is 4.74 Å². The topological polar surface area (TPSA) is 79.6 Å². The molecule has 1 heterocycles. The minimum absolute atomic E-state index is 0.0557. The SMILES string of the molecule is CCCOc1ccc(/C=N\Nc2nc(-c3ccccc3)cc(-c3ccc(F)cc3)n2)c(O)c1. The van der Waals surface area contributed by atoms with Gasteiger partial charge < -0.3 is 9.84 Å². The first-order valence-electron chi connectivity index (χ1n) is 10.6. The molecular formula is C26H23FN4O2. The first-order chi connectivity index (χ1) is 16.1. The fraction of sp³-hybridized carbons (Fsp3) is 0.115. The van der Waals surface area contributed by atoms with Gasteiger partial charge in [0.05, 0.1) is 24.2 Å². The van der Waals surface area contributed by atoms with Crippen LogP contribution in [0.4, 0.5) is 10.3 Å². The zero-order chi connectivity index (χ0) is 23.0. The Morgan fingerprint density at radius 3 is 2.30 bits per heavy atom. The standard InChI is InChI=1S/C26H23FN4O2/c1-2-14-33-22-13-10-20(25(32)15-22)17-28-31-26-29-23(18-6-4-3-5-7-18)16-24(30-26)19-8-11-21(27)12-9-19/h3-13,15-17,32H,2,14H2,1H3,(H,29,30,31)/b28-17-. The van der Waals surface area contributed by atoms with Crippen LogP contribution in [-0.4, -0.2) is 27.9 Å². The number of rotatable bonds is 8. The van der Waals surface area contributed by atoms with Gasteiger partial charge >= 0.3 is 0 Å². The summed E-state index contributed by atoms with van der Waals surface area (Å²) in [6.45, 7) is 2.60. The summed E-state index contributed by atoms with van der Waals surface area (Å²) in [6, 6.07) is 22.7. The van der Waals surface area contributed by atoms with Crippen molar-refractivity contribution < 1.29 is 14.2 Å². The summed E-state index contributed by atoms with van der Waals surface area (Å²) in [5.74, 6) is 0.613. The van der Waals surface area contributed by atoms with Crippen LogP contribution in [0, 0.1) is 5.82 Å². The van der Waals surface area contributed by atoms with Crippen molar-refractivity contribution in [1.82, 2.24) is 9.97 Å². The quantitative estimate of drug-likeness (QED) is 0.263. The first-order valence-corrected chi connectivity index (χ1v) is 10.6. The highest BCUT2D eigenvalue weighted by Gasteiger charge is 2.09. The number of phenolic OH excluding ortho intramolecular Hbond substituents is 1. The summed E-state index contributed by atoms with van der Waals surface area (Å²) in [6.07, 6.45) is 2.37. The van der Waals surface area contributed by atoms with Gasteiger partial charge in [-0.15, -0.1) is 0 Å². The molecule has 4 rings (SSSR count). The summed E-state index contributed by atoms with van der Waals surface area (Å²) in [7, 11) is 0. The minimum atomic E-state index is -0.315. The Kier molecular flexibility index (Phi) is 6.90. The predicted molar refractivity (Wildman–Crippen MR) is 128 cm³/mol. The number of hydrazone groups is 1. The highest BCUT2D eigenvalue weighted by Crippen LogP contribution is 2.26. The smallest absolute Gasteiger partial charge is 0.244 e. The molecule has 166 valence electrons. The molecule has 0 aliphatic rings. The van der Waals surface area contributed by atoms with Crippen LogP contribution in [0.5, 0.6) is 11.5 Å². The molecule has 6 nitrogen and oxygen atoms in total. The lowest BCUT2D eigenvalue weighted by atomic mass is 10.1. The van der Waals surface area contributed by atoms with Gasteiger partial charge in [0.2, 0.25) is 5.95 Å². The van der Waals surface area contributed by atoms with E-state index in [1.165, 1.54) is 18.3 Å². The van der Waals surface area contributed by atoms with Gasteiger partial charge in [0.1, 0.15) is 17.3 Å². The number of nitrogens with one attached hydrogen (secondary N) is 1. The van der Waals surface area contributed by atoms with Crippen molar-refractivity contribution in [2.24, 2.45) is 5.10 Å². The summed E-state index contributed by atoms with van der Waals surface area (Å²) >= 11 is 0. The molecule has 0 saturated heterocycles. The Morgan fingerprint density at radius 2 is 1.64 bits per heavy atom. The van der Waals surface area contributed by atoms with Crippen LogP contribution in [0.2, 0.25) is 0 Å². The molecule has 0 saturated carbocycles. The molecule has 0 aliphatic heterocycles. The second kappa shape index (κ2) is 10.4. The lowest BCUT2D eigenvalue weighted by Gasteiger charge is -2.09. The maximum absolute atomic E-state index is 13.4. The Labute approximate surface area is 191 Å². The summed E-state index contributed by atoms with van der Waals surface area (Å²) in [4.78, 5) is 9.07. The molecular weight excluding hydrogens is 419 g/mol. The largest absolute Gasteiger partial charge is 0.507 e. The number of aromatic hydroxyl groups is 1. The second-order valence-corrected chi connectivity index (χ2v) is 7.27. The van der Waals surface area contributed by atoms with Gasteiger partial charge in [0.25, 0.3) is 0 Å².